The molecule has 25 heavy (non-hydrogen) atoms. The van der Waals surface area contributed by atoms with Gasteiger partial charge >= 0.3 is 0 Å². The van der Waals surface area contributed by atoms with Gasteiger partial charge in [-0.3, -0.25) is 10.1 Å². The van der Waals surface area contributed by atoms with E-state index in [9.17, 15) is 9.18 Å². The fourth-order valence-corrected chi connectivity index (χ4v) is 3.57. The van der Waals surface area contributed by atoms with Crippen LogP contribution in [0.1, 0.15) is 10.4 Å². The number of hydrogen-bond donors (Lipinski definition) is 1. The summed E-state index contributed by atoms with van der Waals surface area (Å²) < 4.78 is 19.8. The maximum Gasteiger partial charge on any atom is 0.261 e. The van der Waals surface area contributed by atoms with Crippen LogP contribution in [-0.2, 0) is 0 Å². The lowest BCUT2D eigenvalue weighted by atomic mass is 10.1. The highest BCUT2D eigenvalue weighted by Gasteiger charge is 2.16. The van der Waals surface area contributed by atoms with Gasteiger partial charge in [0.1, 0.15) is 17.1 Å². The molecule has 0 aliphatic heterocycles. The highest BCUT2D eigenvalue weighted by molar-refractivity contribution is 7.22. The van der Waals surface area contributed by atoms with Crippen molar-refractivity contribution in [2.24, 2.45) is 0 Å². The van der Waals surface area contributed by atoms with E-state index in [1.165, 1.54) is 24.5 Å². The van der Waals surface area contributed by atoms with E-state index in [0.29, 0.717) is 21.1 Å². The molecule has 1 amide bonds. The van der Waals surface area contributed by atoms with Crippen LogP contribution in [0.25, 0.3) is 21.0 Å². The monoisotopic (exact) mass is 352 g/mol. The number of nitrogens with zero attached hydrogens (tertiary/aromatic N) is 1. The number of methoxy groups -OCH3 is 1. The first kappa shape index (κ1) is 15.5. The number of para-hydroxylation sites is 1. The number of amides is 1. The van der Waals surface area contributed by atoms with Crippen molar-refractivity contribution >= 4 is 43.4 Å². The SMILES string of the molecule is COc1cc2ccccc2cc1C(=O)Nc1nc2c(F)cccc2s1. The number of benzene rings is 3. The number of thiazole rings is 1. The van der Waals surface area contributed by atoms with E-state index in [1.807, 2.05) is 30.3 Å². The number of fused-ring (bicyclic) bond motifs is 2. The Kier molecular flexibility index (Phi) is 3.82. The summed E-state index contributed by atoms with van der Waals surface area (Å²) in [6.07, 6.45) is 0. The molecule has 0 radical (unpaired) electrons. The van der Waals surface area contributed by atoms with Gasteiger partial charge in [-0.25, -0.2) is 9.37 Å². The second-order valence-electron chi connectivity index (χ2n) is 5.46. The van der Waals surface area contributed by atoms with Gasteiger partial charge in [0.2, 0.25) is 0 Å². The Hall–Kier alpha value is -2.99. The molecule has 3 aromatic carbocycles. The van der Waals surface area contributed by atoms with Gasteiger partial charge in [-0.2, -0.15) is 0 Å². The fraction of sp³-hybridized carbons (Fsp3) is 0.0526. The van der Waals surface area contributed by atoms with E-state index in [4.69, 9.17) is 4.74 Å². The zero-order valence-corrected chi connectivity index (χ0v) is 14.1. The normalized spacial score (nSPS) is 11.0. The zero-order valence-electron chi connectivity index (χ0n) is 13.2. The first-order valence-electron chi connectivity index (χ1n) is 7.59. The number of carbonyl (C=O) groups is 1. The summed E-state index contributed by atoms with van der Waals surface area (Å²) in [4.78, 5) is 16.8. The molecule has 0 fully saturated rings. The zero-order chi connectivity index (χ0) is 17.4. The number of halogens is 1. The van der Waals surface area contributed by atoms with Crippen LogP contribution < -0.4 is 10.1 Å². The van der Waals surface area contributed by atoms with Gasteiger partial charge in [-0.05, 0) is 35.0 Å². The lowest BCUT2D eigenvalue weighted by Gasteiger charge is -2.09. The quantitative estimate of drug-likeness (QED) is 0.573. The molecule has 0 atom stereocenters. The lowest BCUT2D eigenvalue weighted by Crippen LogP contribution is -2.13. The van der Waals surface area contributed by atoms with E-state index >= 15 is 0 Å². The summed E-state index contributed by atoms with van der Waals surface area (Å²) >= 11 is 1.23. The number of carbonyl (C=O) groups excluding carboxylic acids is 1. The molecule has 0 aliphatic rings. The summed E-state index contributed by atoms with van der Waals surface area (Å²) in [6, 6.07) is 16.0. The van der Waals surface area contributed by atoms with Crippen molar-refractivity contribution in [3.05, 3.63) is 66.0 Å². The number of anilines is 1. The van der Waals surface area contributed by atoms with Crippen molar-refractivity contribution < 1.29 is 13.9 Å². The number of ether oxygens (including phenoxy) is 1. The van der Waals surface area contributed by atoms with Gasteiger partial charge in [0, 0.05) is 0 Å². The summed E-state index contributed by atoms with van der Waals surface area (Å²) in [5.41, 5.74) is 0.661. The minimum Gasteiger partial charge on any atom is -0.496 e. The molecular weight excluding hydrogens is 339 g/mol. The molecule has 0 saturated heterocycles. The summed E-state index contributed by atoms with van der Waals surface area (Å²) in [5, 5.41) is 5.00. The molecular formula is C19H13FN2O2S. The molecule has 0 aliphatic carbocycles. The van der Waals surface area contributed by atoms with E-state index in [-0.39, 0.29) is 11.4 Å². The van der Waals surface area contributed by atoms with Gasteiger partial charge in [0.25, 0.3) is 5.91 Å². The molecule has 0 unspecified atom stereocenters. The average molecular weight is 352 g/mol. The Morgan fingerprint density at radius 2 is 1.88 bits per heavy atom. The van der Waals surface area contributed by atoms with E-state index in [1.54, 1.807) is 18.2 Å². The summed E-state index contributed by atoms with van der Waals surface area (Å²) in [5.74, 6) is -0.275. The first-order valence-corrected chi connectivity index (χ1v) is 8.40. The van der Waals surface area contributed by atoms with E-state index < -0.39 is 5.82 Å². The van der Waals surface area contributed by atoms with Crippen LogP contribution in [0.15, 0.2) is 54.6 Å². The highest BCUT2D eigenvalue weighted by atomic mass is 32.1. The van der Waals surface area contributed by atoms with Gasteiger partial charge in [0.15, 0.2) is 5.13 Å². The van der Waals surface area contributed by atoms with Crippen LogP contribution in [0, 0.1) is 5.82 Å². The van der Waals surface area contributed by atoms with Crippen LogP contribution in [0.3, 0.4) is 0 Å². The minimum absolute atomic E-state index is 0.258. The van der Waals surface area contributed by atoms with Gasteiger partial charge < -0.3 is 4.74 Å². The van der Waals surface area contributed by atoms with Gasteiger partial charge in [-0.1, -0.05) is 41.7 Å². The summed E-state index contributed by atoms with van der Waals surface area (Å²) in [6.45, 7) is 0. The predicted octanol–water partition coefficient (Wildman–Crippen LogP) is 4.85. The van der Waals surface area contributed by atoms with Crippen LogP contribution in [0.5, 0.6) is 5.75 Å². The Bertz CT molecular complexity index is 1110. The average Bonchev–Trinajstić information content (AvgIpc) is 3.04. The van der Waals surface area contributed by atoms with Crippen molar-refractivity contribution in [3.63, 3.8) is 0 Å². The van der Waals surface area contributed by atoms with E-state index in [2.05, 4.69) is 10.3 Å². The van der Waals surface area contributed by atoms with Crippen molar-refractivity contribution in [2.75, 3.05) is 12.4 Å². The number of rotatable bonds is 3. The van der Waals surface area contributed by atoms with Crippen molar-refractivity contribution in [1.82, 2.24) is 4.98 Å². The molecule has 0 spiro atoms. The van der Waals surface area contributed by atoms with Crippen LogP contribution in [0.2, 0.25) is 0 Å². The van der Waals surface area contributed by atoms with Crippen molar-refractivity contribution in [1.29, 1.82) is 0 Å². The molecule has 0 bridgehead atoms. The standard InChI is InChI=1S/C19H13FN2O2S/c1-24-15-10-12-6-3-2-5-11(12)9-13(15)18(23)22-19-21-17-14(20)7-4-8-16(17)25-19/h2-10H,1H3,(H,21,22,23). The molecule has 0 saturated carbocycles. The topological polar surface area (TPSA) is 51.2 Å². The Balaban J connectivity index is 1.72. The minimum atomic E-state index is -0.405. The Labute approximate surface area is 146 Å². The number of aromatic nitrogens is 1. The molecule has 124 valence electrons. The lowest BCUT2D eigenvalue weighted by molar-refractivity contribution is 0.102. The second-order valence-corrected chi connectivity index (χ2v) is 6.49. The van der Waals surface area contributed by atoms with Crippen molar-refractivity contribution in [3.8, 4) is 5.75 Å². The second kappa shape index (κ2) is 6.14. The molecule has 1 heterocycles. The Morgan fingerprint density at radius 1 is 1.12 bits per heavy atom. The molecule has 1 aromatic heterocycles. The smallest absolute Gasteiger partial charge is 0.261 e. The molecule has 6 heteroatoms. The third-order valence-electron chi connectivity index (χ3n) is 3.90. The first-order chi connectivity index (χ1) is 12.2. The third-order valence-corrected chi connectivity index (χ3v) is 4.84. The predicted molar refractivity (Wildman–Crippen MR) is 98.0 cm³/mol. The third kappa shape index (κ3) is 2.81. The summed E-state index contributed by atoms with van der Waals surface area (Å²) in [7, 11) is 1.52. The number of hydrogen-bond acceptors (Lipinski definition) is 4. The Morgan fingerprint density at radius 3 is 2.60 bits per heavy atom. The molecule has 4 aromatic rings. The van der Waals surface area contributed by atoms with Gasteiger partial charge in [0.05, 0.1) is 17.4 Å². The number of nitrogens with one attached hydrogen (secondary N) is 1. The largest absolute Gasteiger partial charge is 0.496 e. The van der Waals surface area contributed by atoms with Crippen LogP contribution in [-0.4, -0.2) is 18.0 Å². The molecule has 4 rings (SSSR count). The van der Waals surface area contributed by atoms with Gasteiger partial charge in [-0.15, -0.1) is 0 Å². The maximum absolute atomic E-state index is 13.8. The maximum atomic E-state index is 13.8. The fourth-order valence-electron chi connectivity index (χ4n) is 2.70. The molecule has 4 nitrogen and oxygen atoms in total. The van der Waals surface area contributed by atoms with Crippen molar-refractivity contribution in [2.45, 2.75) is 0 Å². The molecule has 1 N–H and O–H groups in total. The van der Waals surface area contributed by atoms with Crippen LogP contribution >= 0.6 is 11.3 Å². The van der Waals surface area contributed by atoms with Crippen LogP contribution in [0.4, 0.5) is 9.52 Å². The van der Waals surface area contributed by atoms with E-state index in [0.717, 1.165) is 10.8 Å². The highest BCUT2D eigenvalue weighted by Crippen LogP contribution is 2.30.